The number of ether oxygens (including phenoxy) is 1. The van der Waals surface area contributed by atoms with Crippen LogP contribution in [0.1, 0.15) is 0 Å². The Morgan fingerprint density at radius 2 is 1.33 bits per heavy atom. The monoisotopic (exact) mass is 314 g/mol. The van der Waals surface area contributed by atoms with Gasteiger partial charge in [0, 0.05) is 11.1 Å². The van der Waals surface area contributed by atoms with E-state index < -0.39 is 0 Å². The molecule has 1 heterocycles. The van der Waals surface area contributed by atoms with E-state index in [0.29, 0.717) is 11.7 Å². The molecule has 0 saturated heterocycles. The molecule has 116 valence electrons. The largest absolute Gasteiger partial charge is 0.457 e. The summed E-state index contributed by atoms with van der Waals surface area (Å²) < 4.78 is 11.2. The maximum absolute atomic E-state index is 5.84. The fourth-order valence-corrected chi connectivity index (χ4v) is 2.36. The third-order valence-corrected chi connectivity index (χ3v) is 3.52. The summed E-state index contributed by atoms with van der Waals surface area (Å²) in [6.07, 6.45) is 0. The van der Waals surface area contributed by atoms with Gasteiger partial charge in [0.1, 0.15) is 11.5 Å². The number of benzene rings is 3. The van der Waals surface area contributed by atoms with Crippen LogP contribution in [0.15, 0.2) is 89.5 Å². The Bertz CT molecular complexity index is 934. The SMILES string of the molecule is c1ccc(Oc2cccc(-c3nc(-c4ccccc4)no3)c2)cc1. The summed E-state index contributed by atoms with van der Waals surface area (Å²) in [6.45, 7) is 0. The van der Waals surface area contributed by atoms with Gasteiger partial charge in [-0.1, -0.05) is 59.8 Å². The minimum atomic E-state index is 0.465. The summed E-state index contributed by atoms with van der Waals surface area (Å²) in [5.74, 6) is 2.54. The number of para-hydroxylation sites is 1. The van der Waals surface area contributed by atoms with Gasteiger partial charge in [-0.3, -0.25) is 0 Å². The summed E-state index contributed by atoms with van der Waals surface area (Å²) in [5.41, 5.74) is 1.74. The second-order valence-electron chi connectivity index (χ2n) is 5.23. The van der Waals surface area contributed by atoms with Gasteiger partial charge < -0.3 is 9.26 Å². The first-order valence-electron chi connectivity index (χ1n) is 7.61. The van der Waals surface area contributed by atoms with Crippen LogP contribution in [-0.2, 0) is 0 Å². The van der Waals surface area contributed by atoms with E-state index in [0.717, 1.165) is 22.6 Å². The van der Waals surface area contributed by atoms with Crippen LogP contribution in [0, 0.1) is 0 Å². The molecule has 0 fully saturated rings. The van der Waals surface area contributed by atoms with E-state index in [1.54, 1.807) is 0 Å². The van der Waals surface area contributed by atoms with Crippen molar-refractivity contribution >= 4 is 0 Å². The van der Waals surface area contributed by atoms with Gasteiger partial charge >= 0.3 is 0 Å². The van der Waals surface area contributed by atoms with Crippen molar-refractivity contribution in [3.63, 3.8) is 0 Å². The van der Waals surface area contributed by atoms with Crippen LogP contribution in [-0.4, -0.2) is 10.1 Å². The van der Waals surface area contributed by atoms with Gasteiger partial charge in [-0.2, -0.15) is 4.98 Å². The van der Waals surface area contributed by atoms with E-state index >= 15 is 0 Å². The zero-order valence-corrected chi connectivity index (χ0v) is 12.8. The quantitative estimate of drug-likeness (QED) is 0.519. The predicted octanol–water partition coefficient (Wildman–Crippen LogP) is 5.20. The molecule has 0 radical (unpaired) electrons. The smallest absolute Gasteiger partial charge is 0.258 e. The molecule has 4 aromatic rings. The first-order valence-corrected chi connectivity index (χ1v) is 7.61. The predicted molar refractivity (Wildman–Crippen MR) is 91.7 cm³/mol. The molecule has 4 nitrogen and oxygen atoms in total. The maximum atomic E-state index is 5.84. The zero-order chi connectivity index (χ0) is 16.2. The van der Waals surface area contributed by atoms with E-state index in [1.807, 2.05) is 84.9 Å². The maximum Gasteiger partial charge on any atom is 0.258 e. The average Bonchev–Trinajstić information content (AvgIpc) is 3.14. The van der Waals surface area contributed by atoms with E-state index in [-0.39, 0.29) is 0 Å². The lowest BCUT2D eigenvalue weighted by Gasteiger charge is -2.05. The summed E-state index contributed by atoms with van der Waals surface area (Å²) in [7, 11) is 0. The van der Waals surface area contributed by atoms with Gasteiger partial charge in [-0.15, -0.1) is 0 Å². The molecule has 0 amide bonds. The van der Waals surface area contributed by atoms with Crippen molar-refractivity contribution < 1.29 is 9.26 Å². The van der Waals surface area contributed by atoms with Crippen molar-refractivity contribution in [2.24, 2.45) is 0 Å². The lowest BCUT2D eigenvalue weighted by atomic mass is 10.2. The molecule has 0 spiro atoms. The number of aromatic nitrogens is 2. The number of hydrogen-bond acceptors (Lipinski definition) is 4. The minimum absolute atomic E-state index is 0.465. The summed E-state index contributed by atoms with van der Waals surface area (Å²) in [6, 6.07) is 27.0. The lowest BCUT2D eigenvalue weighted by Crippen LogP contribution is -1.85. The normalized spacial score (nSPS) is 10.5. The van der Waals surface area contributed by atoms with Gasteiger partial charge in [0.05, 0.1) is 0 Å². The Hall–Kier alpha value is -3.40. The van der Waals surface area contributed by atoms with Gasteiger partial charge in [0.25, 0.3) is 5.89 Å². The first-order chi connectivity index (χ1) is 11.9. The molecule has 4 rings (SSSR count). The summed E-state index contributed by atoms with van der Waals surface area (Å²) in [5, 5.41) is 4.05. The Morgan fingerprint density at radius 1 is 0.667 bits per heavy atom. The van der Waals surface area contributed by atoms with Crippen molar-refractivity contribution in [1.82, 2.24) is 10.1 Å². The Morgan fingerprint density at radius 3 is 2.12 bits per heavy atom. The second-order valence-corrected chi connectivity index (χ2v) is 5.23. The Balaban J connectivity index is 1.61. The molecule has 4 heteroatoms. The van der Waals surface area contributed by atoms with Crippen LogP contribution in [0.25, 0.3) is 22.8 Å². The highest BCUT2D eigenvalue weighted by Gasteiger charge is 2.11. The first kappa shape index (κ1) is 14.2. The molecule has 0 aliphatic heterocycles. The molecular formula is C20H14N2O2. The highest BCUT2D eigenvalue weighted by Crippen LogP contribution is 2.27. The van der Waals surface area contributed by atoms with Crippen LogP contribution in [0.2, 0.25) is 0 Å². The standard InChI is InChI=1S/C20H14N2O2/c1-3-8-15(9-4-1)19-21-20(24-22-19)16-10-7-13-18(14-16)23-17-11-5-2-6-12-17/h1-14H. The van der Waals surface area contributed by atoms with Crippen molar-refractivity contribution in [3.8, 4) is 34.3 Å². The van der Waals surface area contributed by atoms with Gasteiger partial charge in [0.15, 0.2) is 0 Å². The molecule has 24 heavy (non-hydrogen) atoms. The average molecular weight is 314 g/mol. The van der Waals surface area contributed by atoms with Crippen molar-refractivity contribution in [2.75, 3.05) is 0 Å². The molecular weight excluding hydrogens is 300 g/mol. The fraction of sp³-hybridized carbons (Fsp3) is 0. The van der Waals surface area contributed by atoms with Crippen LogP contribution in [0.5, 0.6) is 11.5 Å². The van der Waals surface area contributed by atoms with Crippen molar-refractivity contribution in [2.45, 2.75) is 0 Å². The minimum Gasteiger partial charge on any atom is -0.457 e. The lowest BCUT2D eigenvalue weighted by molar-refractivity contribution is 0.431. The fourth-order valence-electron chi connectivity index (χ4n) is 2.36. The second kappa shape index (κ2) is 6.38. The third-order valence-electron chi connectivity index (χ3n) is 3.52. The summed E-state index contributed by atoms with van der Waals surface area (Å²) >= 11 is 0. The molecule has 1 aromatic heterocycles. The van der Waals surface area contributed by atoms with Crippen LogP contribution in [0.3, 0.4) is 0 Å². The summed E-state index contributed by atoms with van der Waals surface area (Å²) in [4.78, 5) is 4.47. The molecule has 0 aliphatic rings. The van der Waals surface area contributed by atoms with E-state index in [9.17, 15) is 0 Å². The molecule has 0 bridgehead atoms. The topological polar surface area (TPSA) is 48.2 Å². The van der Waals surface area contributed by atoms with Crippen LogP contribution < -0.4 is 4.74 Å². The van der Waals surface area contributed by atoms with Gasteiger partial charge in [0.2, 0.25) is 5.82 Å². The van der Waals surface area contributed by atoms with Crippen molar-refractivity contribution in [3.05, 3.63) is 84.9 Å². The Labute approximate surface area is 139 Å². The number of hydrogen-bond donors (Lipinski definition) is 0. The van der Waals surface area contributed by atoms with Crippen LogP contribution in [0.4, 0.5) is 0 Å². The molecule has 0 saturated carbocycles. The van der Waals surface area contributed by atoms with E-state index in [1.165, 1.54) is 0 Å². The van der Waals surface area contributed by atoms with Gasteiger partial charge in [-0.25, -0.2) is 0 Å². The van der Waals surface area contributed by atoms with Crippen LogP contribution >= 0.6 is 0 Å². The third kappa shape index (κ3) is 3.03. The Kier molecular flexibility index (Phi) is 3.78. The highest BCUT2D eigenvalue weighted by atomic mass is 16.5. The number of rotatable bonds is 4. The zero-order valence-electron chi connectivity index (χ0n) is 12.8. The molecule has 0 N–H and O–H groups in total. The molecule has 0 unspecified atom stereocenters. The van der Waals surface area contributed by atoms with E-state index in [4.69, 9.17) is 9.26 Å². The highest BCUT2D eigenvalue weighted by molar-refractivity contribution is 5.61. The molecule has 3 aromatic carbocycles. The molecule has 0 atom stereocenters. The van der Waals surface area contributed by atoms with Gasteiger partial charge in [-0.05, 0) is 30.3 Å². The molecule has 0 aliphatic carbocycles. The van der Waals surface area contributed by atoms with Crippen molar-refractivity contribution in [1.29, 1.82) is 0 Å². The number of nitrogens with zero attached hydrogens (tertiary/aromatic N) is 2. The van der Waals surface area contributed by atoms with E-state index in [2.05, 4.69) is 10.1 Å².